The fourth-order valence-electron chi connectivity index (χ4n) is 4.13. The minimum Gasteiger partial charge on any atom is -0.365 e. The van der Waals surface area contributed by atoms with E-state index in [1.54, 1.807) is 18.0 Å². The van der Waals surface area contributed by atoms with E-state index in [1.165, 1.54) is 18.2 Å². The molecule has 3 aromatic rings. The summed E-state index contributed by atoms with van der Waals surface area (Å²) in [5.74, 6) is -0.867. The molecule has 10 heteroatoms. The van der Waals surface area contributed by atoms with E-state index < -0.39 is 23.6 Å². The Bertz CT molecular complexity index is 1170. The Labute approximate surface area is 188 Å². The van der Waals surface area contributed by atoms with Crippen LogP contribution < -0.4 is 10.6 Å². The summed E-state index contributed by atoms with van der Waals surface area (Å²) in [6.07, 6.45) is -0.864. The third-order valence-corrected chi connectivity index (χ3v) is 5.95. The van der Waals surface area contributed by atoms with Crippen molar-refractivity contribution in [2.24, 2.45) is 0 Å². The molecule has 1 aliphatic rings. The number of nitrogens with zero attached hydrogens (tertiary/aromatic N) is 3. The largest absolute Gasteiger partial charge is 0.365 e. The molecular formula is C23H23F4N5O. The van der Waals surface area contributed by atoms with Crippen LogP contribution in [0.1, 0.15) is 41.9 Å². The molecule has 0 unspecified atom stereocenters. The van der Waals surface area contributed by atoms with Crippen LogP contribution in [-0.2, 0) is 11.3 Å². The molecule has 6 nitrogen and oxygen atoms in total. The number of likely N-dealkylation sites (tertiary alicyclic amines) is 1. The Morgan fingerprint density at radius 2 is 1.94 bits per heavy atom. The van der Waals surface area contributed by atoms with Crippen LogP contribution in [-0.4, -0.2) is 41.4 Å². The van der Waals surface area contributed by atoms with Crippen molar-refractivity contribution in [3.8, 4) is 0 Å². The maximum Gasteiger partial charge on any atom is 0.266 e. The molecule has 0 radical (unpaired) electrons. The van der Waals surface area contributed by atoms with Gasteiger partial charge in [-0.15, -0.1) is 0 Å². The zero-order chi connectivity index (χ0) is 23.5. The molecule has 1 aromatic heterocycles. The minimum atomic E-state index is -2.92. The predicted molar refractivity (Wildman–Crippen MR) is 117 cm³/mol. The quantitative estimate of drug-likeness (QED) is 0.390. The van der Waals surface area contributed by atoms with Crippen LogP contribution in [0.3, 0.4) is 0 Å². The average Bonchev–Trinajstić information content (AvgIpc) is 2.82. The van der Waals surface area contributed by atoms with Gasteiger partial charge in [-0.2, -0.15) is 4.98 Å². The number of carbonyl (C=O) groups excluding carboxylic acids is 1. The van der Waals surface area contributed by atoms with Crippen LogP contribution >= 0.6 is 0 Å². The van der Waals surface area contributed by atoms with Gasteiger partial charge in [0.15, 0.2) is 0 Å². The molecule has 1 aliphatic heterocycles. The van der Waals surface area contributed by atoms with E-state index in [0.29, 0.717) is 48.2 Å². The minimum absolute atomic E-state index is 0.0640. The first kappa shape index (κ1) is 22.8. The Kier molecular flexibility index (Phi) is 6.62. The number of alkyl halides is 2. The van der Waals surface area contributed by atoms with Crippen molar-refractivity contribution < 1.29 is 22.4 Å². The highest BCUT2D eigenvalue weighted by molar-refractivity contribution is 5.91. The second kappa shape index (κ2) is 9.60. The molecule has 174 valence electrons. The number of hydrogen-bond acceptors (Lipinski definition) is 5. The van der Waals surface area contributed by atoms with Gasteiger partial charge in [-0.3, -0.25) is 4.79 Å². The molecule has 0 spiro atoms. The summed E-state index contributed by atoms with van der Waals surface area (Å²) in [6.45, 7) is 1.00. The Morgan fingerprint density at radius 1 is 1.18 bits per heavy atom. The molecule has 1 fully saturated rings. The predicted octanol–water partition coefficient (Wildman–Crippen LogP) is 4.84. The van der Waals surface area contributed by atoms with Crippen molar-refractivity contribution in [2.75, 3.05) is 30.8 Å². The normalized spacial score (nSPS) is 14.7. The number of rotatable bonds is 7. The number of carbonyl (C=O) groups is 1. The van der Waals surface area contributed by atoms with Gasteiger partial charge in [0, 0.05) is 43.7 Å². The molecule has 4 rings (SSSR count). The summed E-state index contributed by atoms with van der Waals surface area (Å²) in [5, 5.41) is 6.34. The Balaban J connectivity index is 1.68. The standard InChI is InChI=1S/C23H23F4N5O/c1-28-23-30-19-10-18(24)16(13-5-7-32(12-33)8-6-13)9-17(19)22(31-23)29-11-14-3-2-4-15(20(14)25)21(26)27/h2-4,9-10,12-13,21H,5-8,11H2,1H3,(H2,28,29,30,31). The molecule has 1 amide bonds. The topological polar surface area (TPSA) is 70.2 Å². The van der Waals surface area contributed by atoms with Crippen LogP contribution in [0.25, 0.3) is 10.9 Å². The number of aromatic nitrogens is 2. The first-order chi connectivity index (χ1) is 15.9. The van der Waals surface area contributed by atoms with E-state index in [4.69, 9.17) is 0 Å². The summed E-state index contributed by atoms with van der Waals surface area (Å²) >= 11 is 0. The van der Waals surface area contributed by atoms with E-state index in [0.717, 1.165) is 12.5 Å². The highest BCUT2D eigenvalue weighted by Gasteiger charge is 2.24. The number of benzene rings is 2. The van der Waals surface area contributed by atoms with Crippen molar-refractivity contribution in [3.05, 3.63) is 58.7 Å². The Morgan fingerprint density at radius 3 is 2.61 bits per heavy atom. The summed E-state index contributed by atoms with van der Waals surface area (Å²) in [5.41, 5.74) is 0.255. The van der Waals surface area contributed by atoms with Gasteiger partial charge in [0.05, 0.1) is 11.1 Å². The lowest BCUT2D eigenvalue weighted by Crippen LogP contribution is -2.31. The second-order valence-electron chi connectivity index (χ2n) is 7.93. The summed E-state index contributed by atoms with van der Waals surface area (Å²) in [4.78, 5) is 21.3. The van der Waals surface area contributed by atoms with Gasteiger partial charge in [-0.25, -0.2) is 22.5 Å². The maximum absolute atomic E-state index is 15.0. The van der Waals surface area contributed by atoms with Crippen molar-refractivity contribution in [1.82, 2.24) is 14.9 Å². The molecule has 0 aliphatic carbocycles. The molecule has 0 saturated carbocycles. The van der Waals surface area contributed by atoms with Crippen molar-refractivity contribution in [2.45, 2.75) is 31.7 Å². The van der Waals surface area contributed by atoms with Crippen LogP contribution in [0.15, 0.2) is 30.3 Å². The smallest absolute Gasteiger partial charge is 0.266 e. The lowest BCUT2D eigenvalue weighted by Gasteiger charge is -2.29. The van der Waals surface area contributed by atoms with Gasteiger partial charge in [-0.1, -0.05) is 18.2 Å². The van der Waals surface area contributed by atoms with Gasteiger partial charge in [0.2, 0.25) is 12.4 Å². The molecule has 2 aromatic carbocycles. The van der Waals surface area contributed by atoms with Crippen molar-refractivity contribution in [1.29, 1.82) is 0 Å². The van der Waals surface area contributed by atoms with E-state index in [1.807, 2.05) is 0 Å². The monoisotopic (exact) mass is 461 g/mol. The van der Waals surface area contributed by atoms with Gasteiger partial charge >= 0.3 is 0 Å². The van der Waals surface area contributed by atoms with Crippen molar-refractivity contribution >= 4 is 29.1 Å². The molecule has 2 heterocycles. The molecule has 0 atom stereocenters. The molecule has 2 N–H and O–H groups in total. The van der Waals surface area contributed by atoms with Gasteiger partial charge in [0.1, 0.15) is 17.5 Å². The molecule has 0 bridgehead atoms. The van der Waals surface area contributed by atoms with E-state index >= 15 is 0 Å². The fourth-order valence-corrected chi connectivity index (χ4v) is 4.13. The van der Waals surface area contributed by atoms with Crippen LogP contribution in [0, 0.1) is 11.6 Å². The van der Waals surface area contributed by atoms with E-state index in [-0.39, 0.29) is 24.0 Å². The number of piperidine rings is 1. The number of halogens is 4. The highest BCUT2D eigenvalue weighted by Crippen LogP contribution is 2.34. The fraction of sp³-hybridized carbons (Fsp3) is 0.348. The maximum atomic E-state index is 15.0. The first-order valence-electron chi connectivity index (χ1n) is 10.6. The number of hydrogen-bond donors (Lipinski definition) is 2. The van der Waals surface area contributed by atoms with Crippen LogP contribution in [0.4, 0.5) is 29.3 Å². The van der Waals surface area contributed by atoms with Gasteiger partial charge in [-0.05, 0) is 30.4 Å². The number of nitrogens with one attached hydrogen (secondary N) is 2. The average molecular weight is 461 g/mol. The number of fused-ring (bicyclic) bond motifs is 1. The summed E-state index contributed by atoms with van der Waals surface area (Å²) in [7, 11) is 1.61. The lowest BCUT2D eigenvalue weighted by molar-refractivity contribution is -0.119. The number of amides is 1. The van der Waals surface area contributed by atoms with Crippen LogP contribution in [0.5, 0.6) is 0 Å². The molecule has 1 saturated heterocycles. The summed E-state index contributed by atoms with van der Waals surface area (Å²) < 4.78 is 55.5. The SMILES string of the molecule is CNc1nc(NCc2cccc(C(F)F)c2F)c2cc(C3CCN(C=O)CC3)c(F)cc2n1. The van der Waals surface area contributed by atoms with E-state index in [9.17, 15) is 22.4 Å². The highest BCUT2D eigenvalue weighted by atomic mass is 19.3. The molecule has 33 heavy (non-hydrogen) atoms. The van der Waals surface area contributed by atoms with Crippen LogP contribution in [0.2, 0.25) is 0 Å². The lowest BCUT2D eigenvalue weighted by atomic mass is 9.88. The zero-order valence-electron chi connectivity index (χ0n) is 17.9. The number of anilines is 2. The first-order valence-corrected chi connectivity index (χ1v) is 10.6. The second-order valence-corrected chi connectivity index (χ2v) is 7.93. The Hall–Kier alpha value is -3.43. The molecular weight excluding hydrogens is 438 g/mol. The third-order valence-electron chi connectivity index (χ3n) is 5.95. The zero-order valence-corrected chi connectivity index (χ0v) is 17.9. The summed E-state index contributed by atoms with van der Waals surface area (Å²) in [6, 6.07) is 6.86. The van der Waals surface area contributed by atoms with Crippen molar-refractivity contribution in [3.63, 3.8) is 0 Å². The van der Waals surface area contributed by atoms with Gasteiger partial charge in [0.25, 0.3) is 6.43 Å². The third kappa shape index (κ3) is 4.69. The van der Waals surface area contributed by atoms with E-state index in [2.05, 4.69) is 20.6 Å². The van der Waals surface area contributed by atoms with Gasteiger partial charge < -0.3 is 15.5 Å².